The molecule has 0 aliphatic carbocycles. The number of hydrogen-bond donors (Lipinski definition) is 1. The van der Waals surface area contributed by atoms with Gasteiger partial charge in [-0.2, -0.15) is 0 Å². The lowest BCUT2D eigenvalue weighted by molar-refractivity contribution is -0.887. The van der Waals surface area contributed by atoms with E-state index in [-0.39, 0.29) is 36.2 Å². The maximum atomic E-state index is 12.7. The molecule has 0 aliphatic heterocycles. The Labute approximate surface area is 337 Å². The van der Waals surface area contributed by atoms with Gasteiger partial charge in [-0.3, -0.25) is 9.59 Å². The van der Waals surface area contributed by atoms with Crippen molar-refractivity contribution in [2.45, 2.75) is 193 Å². The Hall–Kier alpha value is -2.71. The predicted molar refractivity (Wildman–Crippen MR) is 229 cm³/mol. The molecule has 0 rings (SSSR count). The number of likely N-dealkylation sites (N-methyl/N-ethyl adjacent to an activating group) is 1. The van der Waals surface area contributed by atoms with Crippen LogP contribution in [0.1, 0.15) is 181 Å². The molecule has 0 aromatic rings. The molecule has 2 atom stereocenters. The molecule has 0 fully saturated rings. The fourth-order valence-electron chi connectivity index (χ4n) is 6.32. The zero-order chi connectivity index (χ0) is 40.7. The fraction of sp³-hybridized carbons (Fsp3) is 0.766. The van der Waals surface area contributed by atoms with Gasteiger partial charge in [-0.15, -0.1) is 0 Å². The molecule has 0 aromatic heterocycles. The van der Waals surface area contributed by atoms with Crippen LogP contribution in [0.2, 0.25) is 0 Å². The largest absolute Gasteiger partial charge is 0.477 e. The van der Waals surface area contributed by atoms with Crippen molar-refractivity contribution in [2.24, 2.45) is 0 Å². The molecular formula is C47H84NO7+. The van der Waals surface area contributed by atoms with Gasteiger partial charge >= 0.3 is 17.9 Å². The third-order valence-electron chi connectivity index (χ3n) is 9.77. The smallest absolute Gasteiger partial charge is 0.362 e. The van der Waals surface area contributed by atoms with Gasteiger partial charge < -0.3 is 23.8 Å². The molecular weight excluding hydrogens is 691 g/mol. The van der Waals surface area contributed by atoms with E-state index in [1.807, 2.05) is 27.2 Å². The monoisotopic (exact) mass is 775 g/mol. The number of nitrogens with zero attached hydrogens (tertiary/aromatic N) is 1. The summed E-state index contributed by atoms with van der Waals surface area (Å²) in [7, 11) is 5.51. The second-order valence-electron chi connectivity index (χ2n) is 16.0. The van der Waals surface area contributed by atoms with Gasteiger partial charge in [-0.05, 0) is 57.8 Å². The van der Waals surface area contributed by atoms with E-state index in [1.54, 1.807) is 0 Å². The zero-order valence-corrected chi connectivity index (χ0v) is 36.1. The minimum Gasteiger partial charge on any atom is -0.477 e. The molecule has 0 amide bonds. The molecule has 0 bridgehead atoms. The van der Waals surface area contributed by atoms with Crippen molar-refractivity contribution >= 4 is 17.9 Å². The summed E-state index contributed by atoms with van der Waals surface area (Å²) in [5.74, 6) is -1.51. The van der Waals surface area contributed by atoms with Crippen LogP contribution in [0.3, 0.4) is 0 Å². The van der Waals surface area contributed by atoms with Crippen molar-refractivity contribution in [3.63, 3.8) is 0 Å². The van der Waals surface area contributed by atoms with Gasteiger partial charge in [-0.25, -0.2) is 4.79 Å². The van der Waals surface area contributed by atoms with E-state index in [9.17, 15) is 19.5 Å². The van der Waals surface area contributed by atoms with Crippen molar-refractivity contribution < 1.29 is 38.2 Å². The molecule has 0 saturated heterocycles. The van der Waals surface area contributed by atoms with Gasteiger partial charge in [0.2, 0.25) is 0 Å². The zero-order valence-electron chi connectivity index (χ0n) is 36.1. The minimum absolute atomic E-state index is 0.0493. The summed E-state index contributed by atoms with van der Waals surface area (Å²) < 4.78 is 17.2. The number of carboxylic acid groups (broad SMARTS) is 1. The first kappa shape index (κ1) is 52.3. The lowest BCUT2D eigenvalue weighted by atomic mass is 10.1. The average Bonchev–Trinajstić information content (AvgIpc) is 3.14. The summed E-state index contributed by atoms with van der Waals surface area (Å²) in [5, 5.41) is 9.61. The van der Waals surface area contributed by atoms with E-state index >= 15 is 0 Å². The molecule has 0 heterocycles. The standard InChI is InChI=1S/C47H83NO7/c1-6-8-10-12-14-16-18-20-21-22-23-24-26-27-29-31-33-35-37-45(49)54-42-43(41-53-40-39-44(47(51)52)48(3,4)5)55-46(50)38-36-34-32-30-28-25-19-17-15-13-11-9-7-2/h9,11,13,15,17,19,23-24,43-44H,6-8,10,12,14,16,18,20-22,25-42H2,1-5H3/p+1/b11-9+,15-13+,19-17+,24-23+. The van der Waals surface area contributed by atoms with Crippen molar-refractivity contribution in [1.82, 2.24) is 0 Å². The second kappa shape index (κ2) is 38.2. The number of quaternary nitrogens is 1. The topological polar surface area (TPSA) is 99.1 Å². The molecule has 2 unspecified atom stereocenters. The number of hydrogen-bond acceptors (Lipinski definition) is 6. The first-order valence-corrected chi connectivity index (χ1v) is 22.2. The van der Waals surface area contributed by atoms with E-state index in [1.165, 1.54) is 70.6 Å². The summed E-state index contributed by atoms with van der Waals surface area (Å²) in [4.78, 5) is 36.9. The second-order valence-corrected chi connectivity index (χ2v) is 16.0. The van der Waals surface area contributed by atoms with Crippen molar-refractivity contribution in [3.8, 4) is 0 Å². The Morgan fingerprint density at radius 2 is 1.04 bits per heavy atom. The highest BCUT2D eigenvalue weighted by atomic mass is 16.6. The molecule has 0 radical (unpaired) electrons. The molecule has 0 aromatic carbocycles. The van der Waals surface area contributed by atoms with Crippen LogP contribution >= 0.6 is 0 Å². The average molecular weight is 775 g/mol. The fourth-order valence-corrected chi connectivity index (χ4v) is 6.32. The Balaban J connectivity index is 4.35. The van der Waals surface area contributed by atoms with Crippen LogP contribution in [0.5, 0.6) is 0 Å². The summed E-state index contributed by atoms with van der Waals surface area (Å²) in [6, 6.07) is -0.620. The molecule has 0 aliphatic rings. The molecule has 0 spiro atoms. The Morgan fingerprint density at radius 3 is 1.55 bits per heavy atom. The summed E-state index contributed by atoms with van der Waals surface area (Å²) in [6.07, 6.45) is 44.4. The number of allylic oxidation sites excluding steroid dienone is 8. The van der Waals surface area contributed by atoms with E-state index in [0.717, 1.165) is 77.0 Å². The van der Waals surface area contributed by atoms with Crippen LogP contribution in [0, 0.1) is 0 Å². The Bertz CT molecular complexity index is 1040. The van der Waals surface area contributed by atoms with Gasteiger partial charge in [-0.1, -0.05) is 152 Å². The van der Waals surface area contributed by atoms with E-state index in [2.05, 4.69) is 56.4 Å². The van der Waals surface area contributed by atoms with Crippen molar-refractivity contribution in [3.05, 3.63) is 48.6 Å². The van der Waals surface area contributed by atoms with Gasteiger partial charge in [0, 0.05) is 19.3 Å². The van der Waals surface area contributed by atoms with Crippen LogP contribution in [0.4, 0.5) is 0 Å². The summed E-state index contributed by atoms with van der Waals surface area (Å²) in [6.45, 7) is 4.57. The number of unbranched alkanes of at least 4 members (excludes halogenated alkanes) is 19. The molecule has 8 nitrogen and oxygen atoms in total. The summed E-state index contributed by atoms with van der Waals surface area (Å²) in [5.41, 5.74) is 0. The number of aliphatic carboxylic acids is 1. The van der Waals surface area contributed by atoms with Crippen LogP contribution in [-0.2, 0) is 28.6 Å². The predicted octanol–water partition coefficient (Wildman–Crippen LogP) is 12.0. The number of carbonyl (C=O) groups excluding carboxylic acids is 2. The normalized spacial score (nSPS) is 13.4. The number of rotatable bonds is 39. The van der Waals surface area contributed by atoms with E-state index < -0.39 is 18.1 Å². The van der Waals surface area contributed by atoms with Crippen molar-refractivity contribution in [2.75, 3.05) is 41.0 Å². The van der Waals surface area contributed by atoms with E-state index in [0.29, 0.717) is 19.3 Å². The lowest BCUT2D eigenvalue weighted by Gasteiger charge is -2.31. The highest BCUT2D eigenvalue weighted by Gasteiger charge is 2.31. The number of ether oxygens (including phenoxy) is 3. The van der Waals surface area contributed by atoms with Crippen LogP contribution < -0.4 is 0 Å². The van der Waals surface area contributed by atoms with Gasteiger partial charge in [0.15, 0.2) is 12.1 Å². The number of carboxylic acids is 1. The van der Waals surface area contributed by atoms with Gasteiger partial charge in [0.1, 0.15) is 6.61 Å². The lowest BCUT2D eigenvalue weighted by Crippen LogP contribution is -2.50. The number of esters is 2. The Kier molecular flexibility index (Phi) is 36.3. The highest BCUT2D eigenvalue weighted by molar-refractivity contribution is 5.72. The maximum absolute atomic E-state index is 12.7. The quantitative estimate of drug-likeness (QED) is 0.0218. The first-order chi connectivity index (χ1) is 26.6. The van der Waals surface area contributed by atoms with Gasteiger partial charge in [0.05, 0.1) is 34.4 Å². The molecule has 318 valence electrons. The van der Waals surface area contributed by atoms with Crippen LogP contribution in [-0.4, -0.2) is 80.6 Å². The van der Waals surface area contributed by atoms with Crippen molar-refractivity contribution in [1.29, 1.82) is 0 Å². The number of carbonyl (C=O) groups is 3. The highest BCUT2D eigenvalue weighted by Crippen LogP contribution is 2.14. The van der Waals surface area contributed by atoms with E-state index in [4.69, 9.17) is 14.2 Å². The molecule has 55 heavy (non-hydrogen) atoms. The SMILES string of the molecule is CC/C=C/C=C/C=C/CCCCCCCC(=O)OC(COCCC(C(=O)O)[N+](C)(C)C)COC(=O)CCCCCCC/C=C/CCCCCCCCCCC. The third kappa shape index (κ3) is 36.7. The first-order valence-electron chi connectivity index (χ1n) is 22.2. The van der Waals surface area contributed by atoms with Crippen LogP contribution in [0.25, 0.3) is 0 Å². The molecule has 1 N–H and O–H groups in total. The third-order valence-corrected chi connectivity index (χ3v) is 9.77. The summed E-state index contributed by atoms with van der Waals surface area (Å²) >= 11 is 0. The molecule has 0 saturated carbocycles. The maximum Gasteiger partial charge on any atom is 0.362 e. The molecule has 8 heteroatoms. The van der Waals surface area contributed by atoms with Gasteiger partial charge in [0.25, 0.3) is 0 Å². The Morgan fingerprint density at radius 1 is 0.564 bits per heavy atom. The van der Waals surface area contributed by atoms with Crippen LogP contribution in [0.15, 0.2) is 48.6 Å². The minimum atomic E-state index is -0.881.